The highest BCUT2D eigenvalue weighted by molar-refractivity contribution is 5.95. The van der Waals surface area contributed by atoms with E-state index in [0.29, 0.717) is 5.57 Å². The summed E-state index contributed by atoms with van der Waals surface area (Å²) in [6.07, 6.45) is 14.3. The SMILES string of the molecule is CC1C(C(=O)O)=CC=CN1[C@@H]1CCc2ccc(C(=O)N3CCC4(CCN(c5ccncc5)CC4)C3)cc21. The predicted octanol–water partition coefficient (Wildman–Crippen LogP) is 4.43. The second-order valence-corrected chi connectivity index (χ2v) is 11.0. The number of likely N-dealkylation sites (tertiary alicyclic amines) is 1. The number of aliphatic carboxylic acids is 1. The molecular weight excluding hydrogens is 464 g/mol. The molecule has 3 aliphatic heterocycles. The molecule has 1 aromatic heterocycles. The average Bonchev–Trinajstić information content (AvgIpc) is 3.53. The van der Waals surface area contributed by atoms with Gasteiger partial charge in [0.1, 0.15) is 0 Å². The summed E-state index contributed by atoms with van der Waals surface area (Å²) in [5, 5.41) is 9.60. The third kappa shape index (κ3) is 4.30. The molecule has 4 heterocycles. The first-order valence-corrected chi connectivity index (χ1v) is 13.4. The third-order valence-electron chi connectivity index (χ3n) is 9.05. The van der Waals surface area contributed by atoms with Crippen LogP contribution in [-0.2, 0) is 11.2 Å². The molecule has 1 amide bonds. The molecule has 7 nitrogen and oxygen atoms in total. The van der Waals surface area contributed by atoms with Crippen LogP contribution in [0.5, 0.6) is 0 Å². The number of aryl methyl sites for hydroxylation is 1. The van der Waals surface area contributed by atoms with Gasteiger partial charge in [0, 0.05) is 56.0 Å². The number of hydrogen-bond acceptors (Lipinski definition) is 5. The summed E-state index contributed by atoms with van der Waals surface area (Å²) < 4.78 is 0. The van der Waals surface area contributed by atoms with Gasteiger partial charge in [0.05, 0.1) is 17.7 Å². The van der Waals surface area contributed by atoms with Crippen LogP contribution in [0.4, 0.5) is 5.69 Å². The molecule has 0 radical (unpaired) electrons. The Balaban J connectivity index is 1.15. The number of anilines is 1. The van der Waals surface area contributed by atoms with Gasteiger partial charge in [0.15, 0.2) is 0 Å². The summed E-state index contributed by atoms with van der Waals surface area (Å²) in [5.74, 6) is -0.756. The van der Waals surface area contributed by atoms with E-state index in [4.69, 9.17) is 0 Å². The molecule has 0 bridgehead atoms. The van der Waals surface area contributed by atoms with Crippen LogP contribution in [0.1, 0.15) is 60.1 Å². The van der Waals surface area contributed by atoms with Crippen LogP contribution in [-0.4, -0.2) is 64.0 Å². The zero-order valence-corrected chi connectivity index (χ0v) is 21.3. The first kappa shape index (κ1) is 23.8. The fraction of sp³-hybridized carbons (Fsp3) is 0.433. The largest absolute Gasteiger partial charge is 0.478 e. The second kappa shape index (κ2) is 9.36. The average molecular weight is 499 g/mol. The zero-order chi connectivity index (χ0) is 25.6. The molecule has 6 rings (SSSR count). The van der Waals surface area contributed by atoms with Crippen LogP contribution >= 0.6 is 0 Å². The minimum atomic E-state index is -0.876. The van der Waals surface area contributed by atoms with Crippen molar-refractivity contribution in [2.75, 3.05) is 31.1 Å². The van der Waals surface area contributed by atoms with Gasteiger partial charge >= 0.3 is 5.97 Å². The number of rotatable bonds is 4. The number of benzene rings is 1. The van der Waals surface area contributed by atoms with Crippen molar-refractivity contribution in [1.82, 2.24) is 14.8 Å². The summed E-state index contributed by atoms with van der Waals surface area (Å²) in [4.78, 5) is 36.1. The molecule has 1 unspecified atom stereocenters. The van der Waals surface area contributed by atoms with Crippen molar-refractivity contribution in [3.05, 3.63) is 83.3 Å². The number of carbonyl (C=O) groups is 2. The van der Waals surface area contributed by atoms with E-state index in [1.165, 1.54) is 11.3 Å². The van der Waals surface area contributed by atoms with Crippen LogP contribution in [0.15, 0.2) is 66.7 Å². The molecular formula is C30H34N4O3. The number of aromatic nitrogens is 1. The third-order valence-corrected chi connectivity index (χ3v) is 9.05. The summed E-state index contributed by atoms with van der Waals surface area (Å²) in [6.45, 7) is 5.62. The van der Waals surface area contributed by atoms with Crippen LogP contribution in [0, 0.1) is 5.41 Å². The number of hydrogen-bond donors (Lipinski definition) is 1. The van der Waals surface area contributed by atoms with Crippen molar-refractivity contribution in [3.63, 3.8) is 0 Å². The Bertz CT molecular complexity index is 1260. The van der Waals surface area contributed by atoms with Crippen molar-refractivity contribution < 1.29 is 14.7 Å². The number of allylic oxidation sites excluding steroid dienone is 2. The van der Waals surface area contributed by atoms with Gasteiger partial charge in [-0.1, -0.05) is 6.07 Å². The molecule has 2 aromatic rings. The van der Waals surface area contributed by atoms with Crippen molar-refractivity contribution in [2.24, 2.45) is 5.41 Å². The van der Waals surface area contributed by atoms with Crippen LogP contribution < -0.4 is 4.90 Å². The van der Waals surface area contributed by atoms with E-state index in [-0.39, 0.29) is 23.4 Å². The lowest BCUT2D eigenvalue weighted by Gasteiger charge is -2.40. The van der Waals surface area contributed by atoms with Gasteiger partial charge in [0.2, 0.25) is 0 Å². The topological polar surface area (TPSA) is 77.0 Å². The van der Waals surface area contributed by atoms with Gasteiger partial charge in [-0.25, -0.2) is 4.79 Å². The van der Waals surface area contributed by atoms with E-state index in [1.807, 2.05) is 37.7 Å². The number of carboxylic acid groups (broad SMARTS) is 1. The highest BCUT2D eigenvalue weighted by Gasteiger charge is 2.42. The molecule has 37 heavy (non-hydrogen) atoms. The Morgan fingerprint density at radius 1 is 1.05 bits per heavy atom. The van der Waals surface area contributed by atoms with Gasteiger partial charge in [0.25, 0.3) is 5.91 Å². The zero-order valence-electron chi connectivity index (χ0n) is 21.3. The van der Waals surface area contributed by atoms with E-state index < -0.39 is 5.97 Å². The van der Waals surface area contributed by atoms with Crippen LogP contribution in [0.25, 0.3) is 0 Å². The normalized spacial score (nSPS) is 24.4. The monoisotopic (exact) mass is 498 g/mol. The molecule has 2 atom stereocenters. The van der Waals surface area contributed by atoms with E-state index in [0.717, 1.165) is 69.4 Å². The van der Waals surface area contributed by atoms with Gasteiger partial charge in [-0.3, -0.25) is 9.78 Å². The van der Waals surface area contributed by atoms with Crippen LogP contribution in [0.3, 0.4) is 0 Å². The lowest BCUT2D eigenvalue weighted by Crippen LogP contribution is -2.42. The number of pyridine rings is 1. The Kier molecular flexibility index (Phi) is 6.01. The summed E-state index contributed by atoms with van der Waals surface area (Å²) in [7, 11) is 0. The molecule has 2 fully saturated rings. The second-order valence-electron chi connectivity index (χ2n) is 11.0. The first-order valence-electron chi connectivity index (χ1n) is 13.4. The number of piperidine rings is 1. The molecule has 4 aliphatic rings. The maximum Gasteiger partial charge on any atom is 0.333 e. The fourth-order valence-corrected chi connectivity index (χ4v) is 6.82. The lowest BCUT2D eigenvalue weighted by atomic mass is 9.77. The summed E-state index contributed by atoms with van der Waals surface area (Å²) >= 11 is 0. The molecule has 7 heteroatoms. The van der Waals surface area contributed by atoms with Crippen molar-refractivity contribution in [1.29, 1.82) is 0 Å². The maximum absolute atomic E-state index is 13.6. The molecule has 192 valence electrons. The van der Waals surface area contributed by atoms with E-state index in [1.54, 1.807) is 6.08 Å². The van der Waals surface area contributed by atoms with Gasteiger partial charge in [-0.05, 0) is 92.0 Å². The van der Waals surface area contributed by atoms with Gasteiger partial charge in [-0.2, -0.15) is 0 Å². The number of fused-ring (bicyclic) bond motifs is 1. The molecule has 1 N–H and O–H groups in total. The smallest absolute Gasteiger partial charge is 0.333 e. The lowest BCUT2D eigenvalue weighted by molar-refractivity contribution is -0.133. The highest BCUT2D eigenvalue weighted by Crippen LogP contribution is 2.43. The Morgan fingerprint density at radius 2 is 1.81 bits per heavy atom. The molecule has 0 saturated carbocycles. The number of amides is 1. The minimum Gasteiger partial charge on any atom is -0.478 e. The number of carboxylic acids is 1. The number of carbonyl (C=O) groups excluding carboxylic acids is 1. The van der Waals surface area contributed by atoms with E-state index in [2.05, 4.69) is 43.9 Å². The quantitative estimate of drug-likeness (QED) is 0.672. The van der Waals surface area contributed by atoms with Crippen molar-refractivity contribution in [2.45, 2.75) is 51.1 Å². The highest BCUT2D eigenvalue weighted by atomic mass is 16.4. The number of nitrogens with zero attached hydrogens (tertiary/aromatic N) is 4. The van der Waals surface area contributed by atoms with Gasteiger partial charge < -0.3 is 19.8 Å². The summed E-state index contributed by atoms with van der Waals surface area (Å²) in [6, 6.07) is 10.2. The first-order chi connectivity index (χ1) is 17.9. The Labute approximate surface area is 218 Å². The van der Waals surface area contributed by atoms with Crippen molar-refractivity contribution >= 4 is 17.6 Å². The van der Waals surface area contributed by atoms with Crippen molar-refractivity contribution in [3.8, 4) is 0 Å². The molecule has 1 aromatic carbocycles. The minimum absolute atomic E-state index is 0.0829. The molecule has 2 saturated heterocycles. The van der Waals surface area contributed by atoms with Crippen LogP contribution in [0.2, 0.25) is 0 Å². The Hall–Kier alpha value is -3.61. The fourth-order valence-electron chi connectivity index (χ4n) is 6.82. The van der Waals surface area contributed by atoms with E-state index in [9.17, 15) is 14.7 Å². The standard InChI is InChI=1S/C30H34N4O3/c1-21-25(29(36)37)3-2-15-34(21)27-7-6-22-4-5-23(19-26(22)27)28(35)33-18-12-30(20-33)10-16-32(17-11-30)24-8-13-31-14-9-24/h2-5,8-9,13-15,19,21,27H,6-7,10-12,16-18,20H2,1H3,(H,36,37)/t21?,27-/m1/s1. The maximum atomic E-state index is 13.6. The van der Waals surface area contributed by atoms with E-state index >= 15 is 0 Å². The Morgan fingerprint density at radius 3 is 2.57 bits per heavy atom. The molecule has 1 spiro atoms. The van der Waals surface area contributed by atoms with Gasteiger partial charge in [-0.15, -0.1) is 0 Å². The predicted molar refractivity (Wildman–Crippen MR) is 142 cm³/mol. The summed E-state index contributed by atoms with van der Waals surface area (Å²) in [5.41, 5.74) is 5.02. The molecule has 1 aliphatic carbocycles.